The van der Waals surface area contributed by atoms with Crippen LogP contribution < -0.4 is 0 Å². The zero-order valence-corrected chi connectivity index (χ0v) is 15.9. The van der Waals surface area contributed by atoms with Crippen LogP contribution in [0.5, 0.6) is 0 Å². The van der Waals surface area contributed by atoms with E-state index in [1.165, 1.54) is 38.5 Å². The van der Waals surface area contributed by atoms with Crippen LogP contribution in [-0.4, -0.2) is 17.0 Å². The molecule has 0 heterocycles. The van der Waals surface area contributed by atoms with Crippen molar-refractivity contribution >= 4 is 5.78 Å². The van der Waals surface area contributed by atoms with E-state index in [0.29, 0.717) is 22.5 Å². The molecule has 0 bridgehead atoms. The van der Waals surface area contributed by atoms with Gasteiger partial charge in [-0.1, -0.05) is 13.8 Å². The molecule has 0 aromatic rings. The summed E-state index contributed by atoms with van der Waals surface area (Å²) in [5.41, 5.74) is 0.883. The van der Waals surface area contributed by atoms with Gasteiger partial charge >= 0.3 is 0 Å². The van der Waals surface area contributed by atoms with E-state index >= 15 is 0 Å². The van der Waals surface area contributed by atoms with Crippen molar-refractivity contribution in [2.24, 2.45) is 40.4 Å². The van der Waals surface area contributed by atoms with Crippen molar-refractivity contribution < 1.29 is 9.90 Å². The molecule has 0 aromatic carbocycles. The first-order valence-electron chi connectivity index (χ1n) is 10.5. The van der Waals surface area contributed by atoms with Crippen LogP contribution in [0.2, 0.25) is 0 Å². The summed E-state index contributed by atoms with van der Waals surface area (Å²) in [6, 6.07) is 0. The molecule has 4 saturated carbocycles. The normalized spacial score (nSPS) is 54.3. The summed E-state index contributed by atoms with van der Waals surface area (Å²) < 4.78 is 0. The van der Waals surface area contributed by atoms with Crippen molar-refractivity contribution in [2.75, 3.05) is 0 Å². The molecule has 0 aliphatic heterocycles. The second kappa shape index (κ2) is 5.83. The van der Waals surface area contributed by atoms with Crippen LogP contribution in [0.15, 0.2) is 0 Å². The highest BCUT2D eigenvalue weighted by atomic mass is 16.3. The Kier molecular flexibility index (Phi) is 4.14. The van der Waals surface area contributed by atoms with Crippen molar-refractivity contribution in [2.45, 2.75) is 91.1 Å². The van der Waals surface area contributed by atoms with Crippen LogP contribution in [0, 0.1) is 40.4 Å². The molecular weight excluding hydrogens is 296 g/mol. The molecule has 0 saturated heterocycles. The van der Waals surface area contributed by atoms with Gasteiger partial charge in [0.15, 0.2) is 0 Å². The van der Waals surface area contributed by atoms with Gasteiger partial charge < -0.3 is 5.11 Å². The SMILES string of the molecule is CC(=O)[C@@H]1CC[C@H]2[C@@H]3CC[C@H]4C[C@H](O)CC[C@]4(C)[C@H]3CC[C@]2(C)C1. The molecule has 2 heteroatoms. The van der Waals surface area contributed by atoms with Crippen molar-refractivity contribution in [1.82, 2.24) is 0 Å². The maximum absolute atomic E-state index is 11.9. The van der Waals surface area contributed by atoms with E-state index < -0.39 is 0 Å². The number of hydrogen-bond acceptors (Lipinski definition) is 2. The Morgan fingerprint density at radius 3 is 2.50 bits per heavy atom. The van der Waals surface area contributed by atoms with E-state index in [9.17, 15) is 9.90 Å². The van der Waals surface area contributed by atoms with Crippen LogP contribution in [0.3, 0.4) is 0 Å². The van der Waals surface area contributed by atoms with Gasteiger partial charge in [-0.3, -0.25) is 4.79 Å². The first-order valence-corrected chi connectivity index (χ1v) is 10.5. The molecule has 4 aliphatic carbocycles. The third-order valence-electron chi connectivity index (χ3n) is 9.27. The number of ketones is 1. The van der Waals surface area contributed by atoms with Crippen LogP contribution in [0.25, 0.3) is 0 Å². The summed E-state index contributed by atoms with van der Waals surface area (Å²) in [5, 5.41) is 10.1. The lowest BCUT2D eigenvalue weighted by Gasteiger charge is -2.63. The minimum absolute atomic E-state index is 0.0421. The largest absolute Gasteiger partial charge is 0.393 e. The van der Waals surface area contributed by atoms with E-state index in [0.717, 1.165) is 49.4 Å². The Hall–Kier alpha value is -0.370. The molecule has 8 atom stereocenters. The summed E-state index contributed by atoms with van der Waals surface area (Å²) in [5.74, 6) is 4.11. The predicted octanol–water partition coefficient (Wildman–Crippen LogP) is 4.99. The van der Waals surface area contributed by atoms with Gasteiger partial charge in [0.1, 0.15) is 5.78 Å². The number of aliphatic hydroxyl groups is 1. The van der Waals surface area contributed by atoms with E-state index in [1.54, 1.807) is 6.92 Å². The van der Waals surface area contributed by atoms with Crippen molar-refractivity contribution in [1.29, 1.82) is 0 Å². The zero-order chi connectivity index (χ0) is 17.1. The van der Waals surface area contributed by atoms with Crippen LogP contribution in [-0.2, 0) is 4.79 Å². The second-order valence-corrected chi connectivity index (χ2v) is 10.4. The minimum Gasteiger partial charge on any atom is -0.393 e. The number of aliphatic hydroxyl groups excluding tert-OH is 1. The molecule has 0 spiro atoms. The average Bonchev–Trinajstić information content (AvgIpc) is 2.54. The topological polar surface area (TPSA) is 37.3 Å². The summed E-state index contributed by atoms with van der Waals surface area (Å²) in [7, 11) is 0. The standard InChI is InChI=1S/C22H36O2/c1-14(23)15-4-7-19-18-6-5-16-12-17(24)8-11-22(16,3)20(18)9-10-21(19,2)13-15/h15-20,24H,4-13H2,1-3H3/t15-,16+,17-,18+,19+,20+,21-,22+/m1/s1. The number of hydrogen-bond donors (Lipinski definition) is 1. The highest BCUT2D eigenvalue weighted by molar-refractivity contribution is 5.78. The van der Waals surface area contributed by atoms with E-state index in [1.807, 2.05) is 0 Å². The van der Waals surface area contributed by atoms with Gasteiger partial charge in [0.05, 0.1) is 6.10 Å². The Morgan fingerprint density at radius 1 is 0.958 bits per heavy atom. The maximum Gasteiger partial charge on any atom is 0.132 e. The molecule has 0 amide bonds. The number of Topliss-reactive ketones (excluding diaryl/α,β-unsaturated/α-hetero) is 1. The highest BCUT2D eigenvalue weighted by Gasteiger charge is 2.57. The van der Waals surface area contributed by atoms with Crippen molar-refractivity contribution in [3.8, 4) is 0 Å². The van der Waals surface area contributed by atoms with Gasteiger partial charge in [0.2, 0.25) is 0 Å². The Bertz CT molecular complexity index is 514. The summed E-state index contributed by atoms with van der Waals surface area (Å²) >= 11 is 0. The molecule has 0 aromatic heterocycles. The van der Waals surface area contributed by atoms with Crippen LogP contribution in [0.1, 0.15) is 85.0 Å². The van der Waals surface area contributed by atoms with E-state index in [-0.39, 0.29) is 6.10 Å². The quantitative estimate of drug-likeness (QED) is 0.735. The van der Waals surface area contributed by atoms with Gasteiger partial charge in [-0.05, 0) is 106 Å². The van der Waals surface area contributed by atoms with Crippen molar-refractivity contribution in [3.63, 3.8) is 0 Å². The summed E-state index contributed by atoms with van der Waals surface area (Å²) in [4.78, 5) is 11.9. The first kappa shape index (κ1) is 17.1. The molecule has 4 fully saturated rings. The monoisotopic (exact) mass is 332 g/mol. The molecule has 1 N–H and O–H groups in total. The van der Waals surface area contributed by atoms with Crippen LogP contribution >= 0.6 is 0 Å². The fourth-order valence-electron chi connectivity index (χ4n) is 7.84. The number of carbonyl (C=O) groups excluding carboxylic acids is 1. The Balaban J connectivity index is 1.57. The molecule has 24 heavy (non-hydrogen) atoms. The first-order chi connectivity index (χ1) is 11.3. The molecule has 4 rings (SSSR count). The molecule has 136 valence electrons. The predicted molar refractivity (Wildman–Crippen MR) is 96.5 cm³/mol. The Morgan fingerprint density at radius 2 is 1.75 bits per heavy atom. The van der Waals surface area contributed by atoms with Gasteiger partial charge in [-0.15, -0.1) is 0 Å². The second-order valence-electron chi connectivity index (χ2n) is 10.4. The van der Waals surface area contributed by atoms with E-state index in [2.05, 4.69) is 13.8 Å². The van der Waals surface area contributed by atoms with Crippen LogP contribution in [0.4, 0.5) is 0 Å². The van der Waals surface area contributed by atoms with Gasteiger partial charge in [0, 0.05) is 5.92 Å². The van der Waals surface area contributed by atoms with Gasteiger partial charge in [0.25, 0.3) is 0 Å². The highest BCUT2D eigenvalue weighted by Crippen LogP contribution is 2.65. The number of rotatable bonds is 1. The fourth-order valence-corrected chi connectivity index (χ4v) is 7.84. The lowest BCUT2D eigenvalue weighted by molar-refractivity contribution is -0.147. The minimum atomic E-state index is -0.0421. The van der Waals surface area contributed by atoms with Crippen molar-refractivity contribution in [3.05, 3.63) is 0 Å². The fraction of sp³-hybridized carbons (Fsp3) is 0.955. The Labute approximate surface area is 147 Å². The lowest BCUT2D eigenvalue weighted by atomic mass is 9.42. The molecule has 2 nitrogen and oxygen atoms in total. The third kappa shape index (κ3) is 2.50. The summed E-state index contributed by atoms with van der Waals surface area (Å²) in [6.45, 7) is 6.87. The molecule has 0 unspecified atom stereocenters. The smallest absolute Gasteiger partial charge is 0.132 e. The molecule has 4 aliphatic rings. The summed E-state index contributed by atoms with van der Waals surface area (Å²) in [6.07, 6.45) is 12.2. The molecule has 0 radical (unpaired) electrons. The molecular formula is C22H36O2. The van der Waals surface area contributed by atoms with Gasteiger partial charge in [-0.25, -0.2) is 0 Å². The van der Waals surface area contributed by atoms with E-state index in [4.69, 9.17) is 0 Å². The van der Waals surface area contributed by atoms with Gasteiger partial charge in [-0.2, -0.15) is 0 Å². The number of fused-ring (bicyclic) bond motifs is 5. The third-order valence-corrected chi connectivity index (χ3v) is 9.27. The lowest BCUT2D eigenvalue weighted by Crippen LogP contribution is -2.55. The average molecular weight is 333 g/mol. The maximum atomic E-state index is 11.9. The number of carbonyl (C=O) groups is 1. The zero-order valence-electron chi connectivity index (χ0n) is 15.9.